The number of morpholine rings is 1. The maximum atomic E-state index is 13.6. The van der Waals surface area contributed by atoms with Crippen LogP contribution in [0.5, 0.6) is 0 Å². The molecule has 0 unspecified atom stereocenters. The molecule has 2 aliphatic rings. The maximum Gasteiger partial charge on any atom is 0.281 e. The summed E-state index contributed by atoms with van der Waals surface area (Å²) in [5.74, 6) is 0.852. The van der Waals surface area contributed by atoms with Gasteiger partial charge in [0.1, 0.15) is 5.69 Å². The van der Waals surface area contributed by atoms with Crippen LogP contribution in [0.2, 0.25) is 0 Å². The average Bonchev–Trinajstić information content (AvgIpc) is 2.74. The van der Waals surface area contributed by atoms with Crippen molar-refractivity contribution in [2.24, 2.45) is 0 Å². The van der Waals surface area contributed by atoms with Gasteiger partial charge >= 0.3 is 0 Å². The molecule has 4 heterocycles. The van der Waals surface area contributed by atoms with E-state index in [-0.39, 0.29) is 23.4 Å². The number of nitrogen functional groups attached to an aromatic ring is 1. The largest absolute Gasteiger partial charge is 0.377 e. The van der Waals surface area contributed by atoms with Gasteiger partial charge in [0.15, 0.2) is 5.82 Å². The van der Waals surface area contributed by atoms with Crippen molar-refractivity contribution in [1.29, 1.82) is 0 Å². The summed E-state index contributed by atoms with van der Waals surface area (Å²) >= 11 is 0. The number of halogens is 2. The van der Waals surface area contributed by atoms with Crippen molar-refractivity contribution >= 4 is 17.8 Å². The van der Waals surface area contributed by atoms with Crippen molar-refractivity contribution in [1.82, 2.24) is 24.9 Å². The number of hydrogen-bond acceptors (Lipinski definition) is 9. The minimum atomic E-state index is -2.82. The minimum absolute atomic E-state index is 0.0606. The molecule has 2 fully saturated rings. The maximum absolute atomic E-state index is 13.6. The molecule has 2 aromatic heterocycles. The van der Waals surface area contributed by atoms with Crippen molar-refractivity contribution in [2.75, 3.05) is 48.4 Å². The van der Waals surface area contributed by atoms with Gasteiger partial charge in [-0.1, -0.05) is 0 Å². The van der Waals surface area contributed by atoms with E-state index < -0.39 is 12.1 Å². The topological polar surface area (TPSA) is 106 Å². The van der Waals surface area contributed by atoms with E-state index >= 15 is 0 Å². The fourth-order valence-corrected chi connectivity index (χ4v) is 3.61. The lowest BCUT2D eigenvalue weighted by molar-refractivity contribution is 0.0981. The molecular formula is C18H24F2N8O. The third kappa shape index (κ3) is 4.19. The highest BCUT2D eigenvalue weighted by Gasteiger charge is 2.27. The highest BCUT2D eigenvalue weighted by atomic mass is 19.3. The monoisotopic (exact) mass is 406 g/mol. The van der Waals surface area contributed by atoms with Crippen molar-refractivity contribution in [3.63, 3.8) is 0 Å². The molecular weight excluding hydrogens is 382 g/mol. The zero-order valence-electron chi connectivity index (χ0n) is 16.3. The molecule has 0 aromatic carbocycles. The van der Waals surface area contributed by atoms with Gasteiger partial charge < -0.3 is 20.3 Å². The van der Waals surface area contributed by atoms with E-state index in [2.05, 4.69) is 29.8 Å². The number of nitrogens with zero attached hydrogens (tertiary/aromatic N) is 7. The first-order valence-electron chi connectivity index (χ1n) is 9.79. The molecule has 2 aromatic rings. The fraction of sp³-hybridized carbons (Fsp3) is 0.611. The van der Waals surface area contributed by atoms with E-state index in [1.54, 1.807) is 0 Å². The second kappa shape index (κ2) is 8.36. The molecule has 0 amide bonds. The molecule has 1 atom stereocenters. The molecule has 2 saturated heterocycles. The van der Waals surface area contributed by atoms with Crippen LogP contribution in [0.15, 0.2) is 6.20 Å². The third-order valence-corrected chi connectivity index (χ3v) is 5.16. The lowest BCUT2D eigenvalue weighted by Crippen LogP contribution is -2.45. The van der Waals surface area contributed by atoms with Crippen LogP contribution in [0.3, 0.4) is 0 Å². The summed E-state index contributed by atoms with van der Waals surface area (Å²) in [6.07, 6.45) is 1.67. The van der Waals surface area contributed by atoms with Gasteiger partial charge in [-0.25, -0.2) is 18.7 Å². The Bertz CT molecular complexity index is 862. The summed E-state index contributed by atoms with van der Waals surface area (Å²) in [5.41, 5.74) is 5.11. The van der Waals surface area contributed by atoms with Gasteiger partial charge in [0, 0.05) is 25.8 Å². The Morgan fingerprint density at radius 3 is 2.55 bits per heavy atom. The van der Waals surface area contributed by atoms with Crippen LogP contribution in [0.4, 0.5) is 26.6 Å². The Balaban J connectivity index is 1.81. The van der Waals surface area contributed by atoms with Gasteiger partial charge in [-0.05, 0) is 26.2 Å². The number of alkyl halides is 2. The summed E-state index contributed by atoms with van der Waals surface area (Å²) < 4.78 is 32.7. The van der Waals surface area contributed by atoms with Crippen molar-refractivity contribution < 1.29 is 13.5 Å². The normalized spacial score (nSPS) is 20.3. The van der Waals surface area contributed by atoms with Crippen molar-refractivity contribution in [2.45, 2.75) is 38.7 Å². The van der Waals surface area contributed by atoms with E-state index in [1.807, 2.05) is 11.8 Å². The minimum Gasteiger partial charge on any atom is -0.377 e. The predicted molar refractivity (Wildman–Crippen MR) is 104 cm³/mol. The zero-order chi connectivity index (χ0) is 20.4. The van der Waals surface area contributed by atoms with Crippen LogP contribution in [0.1, 0.15) is 38.3 Å². The van der Waals surface area contributed by atoms with Crippen LogP contribution in [0, 0.1) is 0 Å². The molecule has 156 valence electrons. The summed E-state index contributed by atoms with van der Waals surface area (Å²) in [6, 6.07) is 0.0606. The van der Waals surface area contributed by atoms with Gasteiger partial charge in [-0.15, -0.1) is 0 Å². The lowest BCUT2D eigenvalue weighted by Gasteiger charge is -2.34. The number of anilines is 3. The van der Waals surface area contributed by atoms with E-state index in [1.165, 1.54) is 6.20 Å². The molecule has 0 bridgehead atoms. The molecule has 11 heteroatoms. The van der Waals surface area contributed by atoms with Crippen LogP contribution in [0.25, 0.3) is 11.4 Å². The van der Waals surface area contributed by atoms with Crippen LogP contribution >= 0.6 is 0 Å². The van der Waals surface area contributed by atoms with E-state index in [4.69, 9.17) is 10.5 Å². The number of ether oxygens (including phenoxy) is 1. The van der Waals surface area contributed by atoms with E-state index in [0.717, 1.165) is 32.4 Å². The molecule has 29 heavy (non-hydrogen) atoms. The molecule has 2 aliphatic heterocycles. The van der Waals surface area contributed by atoms with Crippen molar-refractivity contribution in [3.8, 4) is 11.4 Å². The van der Waals surface area contributed by atoms with Gasteiger partial charge in [0.25, 0.3) is 6.43 Å². The zero-order valence-corrected chi connectivity index (χ0v) is 16.3. The highest BCUT2D eigenvalue weighted by molar-refractivity contribution is 5.61. The predicted octanol–water partition coefficient (Wildman–Crippen LogP) is 2.06. The van der Waals surface area contributed by atoms with Gasteiger partial charge in [-0.3, -0.25) is 0 Å². The quantitative estimate of drug-likeness (QED) is 0.816. The highest BCUT2D eigenvalue weighted by Crippen LogP contribution is 2.30. The van der Waals surface area contributed by atoms with Crippen molar-refractivity contribution in [3.05, 3.63) is 11.9 Å². The first kappa shape index (κ1) is 19.6. The lowest BCUT2D eigenvalue weighted by atomic mass is 10.1. The Morgan fingerprint density at radius 2 is 1.83 bits per heavy atom. The number of aromatic nitrogens is 5. The Labute approximate surface area is 167 Å². The second-order valence-corrected chi connectivity index (χ2v) is 7.25. The van der Waals surface area contributed by atoms with Gasteiger partial charge in [0.2, 0.25) is 17.8 Å². The third-order valence-electron chi connectivity index (χ3n) is 5.16. The SMILES string of the molecule is C[C@H]1COCCN1c1nc(-c2cnc(N)nc2C(F)F)nc(N2CCCCC2)n1. The summed E-state index contributed by atoms with van der Waals surface area (Å²) in [6.45, 7) is 5.37. The standard InChI is InChI=1S/C18H24F2N8O/c1-11-10-29-8-7-28(11)18-25-15(12-9-22-16(21)23-13(12)14(19)20)24-17(26-18)27-5-3-2-4-6-27/h9,11,14H,2-8,10H2,1H3,(H2,21,22,23)/t11-/m0/s1. The Hall–Kier alpha value is -2.69. The number of nitrogens with two attached hydrogens (primary N) is 1. The first-order valence-corrected chi connectivity index (χ1v) is 9.79. The summed E-state index contributed by atoms with van der Waals surface area (Å²) in [5, 5.41) is 0. The Kier molecular flexibility index (Phi) is 5.65. The van der Waals surface area contributed by atoms with Gasteiger partial charge in [0.05, 0.1) is 24.8 Å². The second-order valence-electron chi connectivity index (χ2n) is 7.25. The number of hydrogen-bond donors (Lipinski definition) is 1. The molecule has 2 N–H and O–H groups in total. The number of rotatable bonds is 4. The molecule has 4 rings (SSSR count). The molecule has 0 spiro atoms. The fourth-order valence-electron chi connectivity index (χ4n) is 3.61. The molecule has 9 nitrogen and oxygen atoms in total. The van der Waals surface area contributed by atoms with Gasteiger partial charge in [-0.2, -0.15) is 15.0 Å². The van der Waals surface area contributed by atoms with Crippen LogP contribution in [-0.4, -0.2) is 63.8 Å². The first-order chi connectivity index (χ1) is 14.0. The molecule has 0 saturated carbocycles. The number of piperidine rings is 1. The van der Waals surface area contributed by atoms with Crippen LogP contribution < -0.4 is 15.5 Å². The van der Waals surface area contributed by atoms with E-state index in [9.17, 15) is 8.78 Å². The summed E-state index contributed by atoms with van der Waals surface area (Å²) in [4.78, 5) is 25.4. The van der Waals surface area contributed by atoms with E-state index in [0.29, 0.717) is 31.7 Å². The van der Waals surface area contributed by atoms with Crippen LogP contribution in [-0.2, 0) is 4.74 Å². The Morgan fingerprint density at radius 1 is 1.07 bits per heavy atom. The molecule has 0 aliphatic carbocycles. The smallest absolute Gasteiger partial charge is 0.281 e. The molecule has 0 radical (unpaired) electrons. The average molecular weight is 406 g/mol. The summed E-state index contributed by atoms with van der Waals surface area (Å²) in [7, 11) is 0.